The first kappa shape index (κ1) is 25.4. The molecule has 7 nitrogen and oxygen atoms in total. The van der Waals surface area contributed by atoms with Crippen LogP contribution in [0.1, 0.15) is 54.2 Å². The molecule has 7 heteroatoms. The third kappa shape index (κ3) is 4.84. The Bertz CT molecular complexity index is 1430. The topological polar surface area (TPSA) is 87.0 Å². The molecule has 0 fully saturated rings. The van der Waals surface area contributed by atoms with E-state index in [0.29, 0.717) is 52.7 Å². The lowest BCUT2D eigenvalue weighted by atomic mass is 9.73. The average Bonchev–Trinajstić information content (AvgIpc) is 3.36. The van der Waals surface area contributed by atoms with Gasteiger partial charge in [-0.3, -0.25) is 4.79 Å². The summed E-state index contributed by atoms with van der Waals surface area (Å²) in [6.07, 6.45) is 0.911. The highest BCUT2D eigenvalue weighted by Crippen LogP contribution is 2.46. The number of aryl methyl sites for hydroxylation is 1. The number of Topliss-reactive ketones (excluding diaryl/α,β-unsaturated/α-hetero) is 1. The van der Waals surface area contributed by atoms with Crippen LogP contribution in [0.3, 0.4) is 0 Å². The van der Waals surface area contributed by atoms with Gasteiger partial charge in [-0.2, -0.15) is 0 Å². The van der Waals surface area contributed by atoms with Crippen LogP contribution in [0.25, 0.3) is 0 Å². The molecule has 2 aliphatic rings. The fourth-order valence-corrected chi connectivity index (χ4v) is 5.35. The molecule has 0 saturated heterocycles. The molecule has 2 atom stereocenters. The average molecular weight is 514 g/mol. The number of dihydropyridines is 1. The number of hydrogen-bond acceptors (Lipinski definition) is 7. The van der Waals surface area contributed by atoms with Crippen molar-refractivity contribution in [3.8, 4) is 11.5 Å². The number of carbonyl (C=O) groups excluding carboxylic acids is 2. The quantitative estimate of drug-likeness (QED) is 0.405. The minimum absolute atomic E-state index is 0.0292. The van der Waals surface area contributed by atoms with Gasteiger partial charge < -0.3 is 23.9 Å². The second-order valence-electron chi connectivity index (χ2n) is 9.64. The predicted octanol–water partition coefficient (Wildman–Crippen LogP) is 5.71. The van der Waals surface area contributed by atoms with E-state index in [1.54, 1.807) is 14.2 Å². The van der Waals surface area contributed by atoms with Gasteiger partial charge in [-0.05, 0) is 61.6 Å². The molecule has 1 aromatic heterocycles. The molecular weight excluding hydrogens is 482 g/mol. The number of ketones is 1. The Balaban J connectivity index is 1.48. The molecule has 2 heterocycles. The normalized spacial score (nSPS) is 19.1. The first-order chi connectivity index (χ1) is 18.4. The molecule has 2 aromatic carbocycles. The van der Waals surface area contributed by atoms with Gasteiger partial charge in [0.15, 0.2) is 17.3 Å². The van der Waals surface area contributed by atoms with E-state index in [-0.39, 0.29) is 18.3 Å². The molecule has 1 aliphatic carbocycles. The maximum atomic E-state index is 13.8. The van der Waals surface area contributed by atoms with Crippen LogP contribution in [-0.2, 0) is 20.9 Å². The Labute approximate surface area is 222 Å². The molecule has 196 valence electrons. The Morgan fingerprint density at radius 2 is 1.74 bits per heavy atom. The molecule has 0 bridgehead atoms. The fourth-order valence-electron chi connectivity index (χ4n) is 5.35. The van der Waals surface area contributed by atoms with Gasteiger partial charge in [-0.25, -0.2) is 4.79 Å². The number of ether oxygens (including phenoxy) is 3. The second kappa shape index (κ2) is 10.6. The zero-order valence-electron chi connectivity index (χ0n) is 22.0. The monoisotopic (exact) mass is 513 g/mol. The first-order valence-electron chi connectivity index (χ1n) is 12.6. The predicted molar refractivity (Wildman–Crippen MR) is 142 cm³/mol. The Morgan fingerprint density at radius 3 is 2.42 bits per heavy atom. The maximum absolute atomic E-state index is 13.8. The number of methoxy groups -OCH3 is 2. The van der Waals surface area contributed by atoms with Crippen LogP contribution in [-0.4, -0.2) is 26.0 Å². The van der Waals surface area contributed by atoms with Crippen LogP contribution in [0.4, 0.5) is 0 Å². The van der Waals surface area contributed by atoms with Crippen molar-refractivity contribution in [3.05, 3.63) is 106 Å². The summed E-state index contributed by atoms with van der Waals surface area (Å²) in [6.45, 7) is 3.83. The molecular formula is C31H31NO6. The van der Waals surface area contributed by atoms with Crippen molar-refractivity contribution in [2.24, 2.45) is 0 Å². The number of furan rings is 1. The van der Waals surface area contributed by atoms with Gasteiger partial charge in [0.2, 0.25) is 0 Å². The number of esters is 1. The molecule has 5 rings (SSSR count). The minimum atomic E-state index is -0.637. The van der Waals surface area contributed by atoms with E-state index in [9.17, 15) is 9.59 Å². The summed E-state index contributed by atoms with van der Waals surface area (Å²) >= 11 is 0. The van der Waals surface area contributed by atoms with E-state index in [1.165, 1.54) is 0 Å². The fraction of sp³-hybridized carbons (Fsp3) is 0.290. The number of benzene rings is 2. The largest absolute Gasteiger partial charge is 0.493 e. The SMILES string of the molecule is COc1ccc([C@@H]2CC(=O)C3=C(C2)NC(C)=C(C(=O)OCc2ccccc2)[C@@H]3c2ccc(C)o2)cc1OC. The van der Waals surface area contributed by atoms with Crippen LogP contribution in [0, 0.1) is 6.92 Å². The van der Waals surface area contributed by atoms with Gasteiger partial charge in [0.1, 0.15) is 18.1 Å². The van der Waals surface area contributed by atoms with Crippen LogP contribution in [0.15, 0.2) is 87.6 Å². The molecule has 1 aliphatic heterocycles. The van der Waals surface area contributed by atoms with E-state index in [1.807, 2.05) is 74.5 Å². The highest BCUT2D eigenvalue weighted by Gasteiger charge is 2.43. The number of nitrogens with one attached hydrogen (secondary N) is 1. The van der Waals surface area contributed by atoms with Crippen LogP contribution >= 0.6 is 0 Å². The summed E-state index contributed by atoms with van der Waals surface area (Å²) in [6, 6.07) is 19.0. The van der Waals surface area contributed by atoms with E-state index in [4.69, 9.17) is 18.6 Å². The molecule has 1 N–H and O–H groups in total. The molecule has 0 saturated carbocycles. The van der Waals surface area contributed by atoms with Crippen molar-refractivity contribution in [3.63, 3.8) is 0 Å². The van der Waals surface area contributed by atoms with Gasteiger partial charge >= 0.3 is 5.97 Å². The standard InChI is InChI=1S/C31H31NO6/c1-18-10-12-26(38-18)30-28(31(34)37-17-20-8-6-5-7-9-20)19(2)32-23-14-22(15-24(33)29(23)30)21-11-13-25(35-3)27(16-21)36-4/h5-13,16,22,30,32H,14-15,17H2,1-4H3/t22-,30-/m0/s1. The van der Waals surface area contributed by atoms with E-state index >= 15 is 0 Å². The summed E-state index contributed by atoms with van der Waals surface area (Å²) in [5.74, 6) is 1.34. The Kier molecular flexibility index (Phi) is 7.09. The molecule has 38 heavy (non-hydrogen) atoms. The molecule has 0 spiro atoms. The van der Waals surface area contributed by atoms with Crippen molar-refractivity contribution in [1.29, 1.82) is 0 Å². The molecule has 0 amide bonds. The summed E-state index contributed by atoms with van der Waals surface area (Å²) in [5, 5.41) is 3.38. The number of hydrogen-bond donors (Lipinski definition) is 1. The lowest BCUT2D eigenvalue weighted by Gasteiger charge is -2.35. The molecule has 3 aromatic rings. The van der Waals surface area contributed by atoms with Gasteiger partial charge in [0.05, 0.1) is 25.7 Å². The number of carbonyl (C=O) groups is 2. The zero-order chi connectivity index (χ0) is 26.8. The first-order valence-corrected chi connectivity index (χ1v) is 12.6. The number of rotatable bonds is 7. The maximum Gasteiger partial charge on any atom is 0.337 e. The van der Waals surface area contributed by atoms with Crippen LogP contribution in [0.2, 0.25) is 0 Å². The van der Waals surface area contributed by atoms with E-state index < -0.39 is 11.9 Å². The van der Waals surface area contributed by atoms with Crippen LogP contribution in [0.5, 0.6) is 11.5 Å². The highest BCUT2D eigenvalue weighted by molar-refractivity contribution is 6.04. The minimum Gasteiger partial charge on any atom is -0.493 e. The summed E-state index contributed by atoms with van der Waals surface area (Å²) in [5.41, 5.74) is 4.29. The van der Waals surface area contributed by atoms with Crippen molar-refractivity contribution < 1.29 is 28.2 Å². The third-order valence-electron chi connectivity index (χ3n) is 7.18. The van der Waals surface area contributed by atoms with Crippen molar-refractivity contribution in [2.75, 3.05) is 14.2 Å². The molecule has 0 radical (unpaired) electrons. The Morgan fingerprint density at radius 1 is 0.974 bits per heavy atom. The summed E-state index contributed by atoms with van der Waals surface area (Å²) < 4.78 is 22.6. The molecule has 0 unspecified atom stereocenters. The smallest absolute Gasteiger partial charge is 0.337 e. The van der Waals surface area contributed by atoms with Crippen LogP contribution < -0.4 is 14.8 Å². The van der Waals surface area contributed by atoms with E-state index in [2.05, 4.69) is 5.32 Å². The summed E-state index contributed by atoms with van der Waals surface area (Å²) in [7, 11) is 3.19. The van der Waals surface area contributed by atoms with Gasteiger partial charge in [0, 0.05) is 23.4 Å². The second-order valence-corrected chi connectivity index (χ2v) is 9.64. The highest BCUT2D eigenvalue weighted by atomic mass is 16.5. The van der Waals surface area contributed by atoms with Crippen molar-refractivity contribution in [2.45, 2.75) is 45.1 Å². The lowest BCUT2D eigenvalue weighted by Crippen LogP contribution is -2.36. The third-order valence-corrected chi connectivity index (χ3v) is 7.18. The van der Waals surface area contributed by atoms with Gasteiger partial charge in [-0.1, -0.05) is 36.4 Å². The number of allylic oxidation sites excluding steroid dienone is 3. The lowest BCUT2D eigenvalue weighted by molar-refractivity contribution is -0.140. The summed E-state index contributed by atoms with van der Waals surface area (Å²) in [4.78, 5) is 27.2. The zero-order valence-corrected chi connectivity index (χ0v) is 22.0. The Hall–Kier alpha value is -4.26. The van der Waals surface area contributed by atoms with E-state index in [0.717, 1.165) is 16.8 Å². The van der Waals surface area contributed by atoms with Crippen molar-refractivity contribution >= 4 is 11.8 Å². The van der Waals surface area contributed by atoms with Gasteiger partial charge in [0.25, 0.3) is 0 Å². The van der Waals surface area contributed by atoms with Gasteiger partial charge in [-0.15, -0.1) is 0 Å². The van der Waals surface area contributed by atoms with Crippen molar-refractivity contribution in [1.82, 2.24) is 5.32 Å².